The molecule has 0 aliphatic heterocycles. The van der Waals surface area contributed by atoms with E-state index in [0.29, 0.717) is 11.5 Å². The standard InChI is InChI=1S/C29H31F2NO2/c1-2-3-4-5-19-6-7-24-15-23(13-12-22(24)14-19)20-8-10-21(11-9-20)29(33)34-25-16-27(30)26(18-32)28(31)17-25/h2-3,8-11,16-17,19,22-24H,4-7,12-15H2,1H3/b3-2+. The fraction of sp³-hybridized carbons (Fsp3) is 0.448. The molecule has 2 aromatic rings. The van der Waals surface area contributed by atoms with Gasteiger partial charge in [-0.05, 0) is 93.2 Å². The van der Waals surface area contributed by atoms with Crippen molar-refractivity contribution in [2.24, 2.45) is 17.8 Å². The van der Waals surface area contributed by atoms with Crippen molar-refractivity contribution in [2.75, 3.05) is 0 Å². The first-order valence-electron chi connectivity index (χ1n) is 12.3. The van der Waals surface area contributed by atoms with Crippen LogP contribution in [-0.2, 0) is 0 Å². The number of esters is 1. The molecular weight excluding hydrogens is 432 g/mol. The molecule has 2 saturated carbocycles. The third kappa shape index (κ3) is 5.55. The van der Waals surface area contributed by atoms with Gasteiger partial charge in [0.1, 0.15) is 29.0 Å². The van der Waals surface area contributed by atoms with Gasteiger partial charge in [0.25, 0.3) is 0 Å². The Morgan fingerprint density at radius 2 is 1.74 bits per heavy atom. The summed E-state index contributed by atoms with van der Waals surface area (Å²) in [7, 11) is 0. The third-order valence-corrected chi connectivity index (χ3v) is 7.65. The predicted molar refractivity (Wildman–Crippen MR) is 127 cm³/mol. The van der Waals surface area contributed by atoms with Crippen LogP contribution in [0.3, 0.4) is 0 Å². The Balaban J connectivity index is 1.34. The van der Waals surface area contributed by atoms with Gasteiger partial charge >= 0.3 is 5.97 Å². The first-order valence-corrected chi connectivity index (χ1v) is 12.3. The van der Waals surface area contributed by atoms with Crippen LogP contribution in [0.25, 0.3) is 0 Å². The van der Waals surface area contributed by atoms with Crippen LogP contribution < -0.4 is 4.74 Å². The predicted octanol–water partition coefficient (Wildman–Crippen LogP) is 7.71. The lowest BCUT2D eigenvalue weighted by molar-refractivity contribution is 0.0734. The summed E-state index contributed by atoms with van der Waals surface area (Å²) in [6, 6.07) is 10.5. The zero-order chi connectivity index (χ0) is 24.1. The van der Waals surface area contributed by atoms with Crippen LogP contribution in [0.2, 0.25) is 0 Å². The second kappa shape index (κ2) is 11.0. The number of hydrogen-bond acceptors (Lipinski definition) is 3. The summed E-state index contributed by atoms with van der Waals surface area (Å²) in [5.74, 6) is -0.0283. The van der Waals surface area contributed by atoms with Crippen molar-refractivity contribution < 1.29 is 18.3 Å². The number of nitriles is 1. The van der Waals surface area contributed by atoms with E-state index in [0.717, 1.165) is 29.9 Å². The summed E-state index contributed by atoms with van der Waals surface area (Å²) in [4.78, 5) is 12.5. The normalized spacial score (nSPS) is 24.4. The second-order valence-corrected chi connectivity index (χ2v) is 9.74. The number of ether oxygens (including phenoxy) is 1. The zero-order valence-electron chi connectivity index (χ0n) is 19.6. The molecule has 0 radical (unpaired) electrons. The van der Waals surface area contributed by atoms with E-state index in [1.165, 1.54) is 63.0 Å². The molecule has 0 saturated heterocycles. The molecule has 2 aromatic carbocycles. The van der Waals surface area contributed by atoms with Crippen molar-refractivity contribution in [3.63, 3.8) is 0 Å². The molecule has 2 fully saturated rings. The van der Waals surface area contributed by atoms with E-state index in [4.69, 9.17) is 10.00 Å². The molecule has 0 aromatic heterocycles. The molecule has 4 atom stereocenters. The molecule has 3 nitrogen and oxygen atoms in total. The van der Waals surface area contributed by atoms with Gasteiger partial charge in [-0.1, -0.05) is 30.7 Å². The van der Waals surface area contributed by atoms with Crippen molar-refractivity contribution in [3.8, 4) is 11.8 Å². The summed E-state index contributed by atoms with van der Waals surface area (Å²) in [5, 5.41) is 8.76. The highest BCUT2D eigenvalue weighted by atomic mass is 19.1. The fourth-order valence-electron chi connectivity index (χ4n) is 5.82. The number of benzene rings is 2. The first kappa shape index (κ1) is 24.1. The SMILES string of the molecule is C/C=C/CCC1CCC2CC(c3ccc(C(=O)Oc4cc(F)c(C#N)c(F)c4)cc3)CCC2C1. The highest BCUT2D eigenvalue weighted by molar-refractivity contribution is 5.91. The van der Waals surface area contributed by atoms with Gasteiger partial charge in [-0.3, -0.25) is 0 Å². The maximum Gasteiger partial charge on any atom is 0.343 e. The quantitative estimate of drug-likeness (QED) is 0.250. The van der Waals surface area contributed by atoms with Gasteiger partial charge in [-0.2, -0.15) is 5.26 Å². The van der Waals surface area contributed by atoms with Gasteiger partial charge in [0, 0.05) is 12.1 Å². The zero-order valence-corrected chi connectivity index (χ0v) is 19.6. The Bertz CT molecular complexity index is 1060. The number of fused-ring (bicyclic) bond motifs is 1. The lowest BCUT2D eigenvalue weighted by Crippen LogP contribution is -2.30. The molecule has 0 spiro atoms. The third-order valence-electron chi connectivity index (χ3n) is 7.65. The van der Waals surface area contributed by atoms with Crippen molar-refractivity contribution in [3.05, 3.63) is 76.9 Å². The molecule has 0 amide bonds. The van der Waals surface area contributed by atoms with Crippen molar-refractivity contribution in [1.82, 2.24) is 0 Å². The van der Waals surface area contributed by atoms with Gasteiger partial charge in [-0.25, -0.2) is 13.6 Å². The van der Waals surface area contributed by atoms with E-state index in [-0.39, 0.29) is 5.75 Å². The number of allylic oxidation sites excluding steroid dienone is 2. The summed E-state index contributed by atoms with van der Waals surface area (Å²) in [5.41, 5.74) is 0.867. The molecule has 34 heavy (non-hydrogen) atoms. The maximum absolute atomic E-state index is 13.8. The molecule has 0 bridgehead atoms. The molecule has 2 aliphatic carbocycles. The minimum Gasteiger partial charge on any atom is -0.423 e. The number of carbonyl (C=O) groups is 1. The lowest BCUT2D eigenvalue weighted by Gasteiger charge is -2.42. The van der Waals surface area contributed by atoms with E-state index in [2.05, 4.69) is 19.1 Å². The molecule has 4 rings (SSSR count). The largest absolute Gasteiger partial charge is 0.423 e. The number of carbonyl (C=O) groups excluding carboxylic acids is 1. The first-order chi connectivity index (χ1) is 16.5. The molecule has 178 valence electrons. The van der Waals surface area contributed by atoms with Crippen LogP contribution in [0.15, 0.2) is 48.6 Å². The van der Waals surface area contributed by atoms with Crippen LogP contribution in [0.5, 0.6) is 5.75 Å². The summed E-state index contributed by atoms with van der Waals surface area (Å²) in [6.45, 7) is 2.09. The molecular formula is C29H31F2NO2. The number of nitrogens with zero attached hydrogens (tertiary/aromatic N) is 1. The summed E-state index contributed by atoms with van der Waals surface area (Å²) < 4.78 is 32.7. The van der Waals surface area contributed by atoms with Crippen LogP contribution in [0.4, 0.5) is 8.78 Å². The van der Waals surface area contributed by atoms with Crippen LogP contribution in [-0.4, -0.2) is 5.97 Å². The van der Waals surface area contributed by atoms with Gasteiger partial charge in [0.2, 0.25) is 0 Å². The average Bonchev–Trinajstić information content (AvgIpc) is 2.84. The van der Waals surface area contributed by atoms with Gasteiger partial charge in [0.05, 0.1) is 5.56 Å². The minimum atomic E-state index is -1.05. The Kier molecular flexibility index (Phi) is 7.77. The van der Waals surface area contributed by atoms with Crippen molar-refractivity contribution in [2.45, 2.75) is 64.2 Å². The van der Waals surface area contributed by atoms with Crippen LogP contribution in [0, 0.1) is 40.7 Å². The Morgan fingerprint density at radius 3 is 2.41 bits per heavy atom. The molecule has 5 heteroatoms. The minimum absolute atomic E-state index is 0.261. The van der Waals surface area contributed by atoms with E-state index >= 15 is 0 Å². The van der Waals surface area contributed by atoms with Crippen molar-refractivity contribution in [1.29, 1.82) is 5.26 Å². The second-order valence-electron chi connectivity index (χ2n) is 9.74. The summed E-state index contributed by atoms with van der Waals surface area (Å²) in [6.07, 6.45) is 14.6. The highest BCUT2D eigenvalue weighted by Crippen LogP contribution is 2.48. The van der Waals surface area contributed by atoms with E-state index in [1.807, 2.05) is 12.1 Å². The van der Waals surface area contributed by atoms with Crippen molar-refractivity contribution >= 4 is 5.97 Å². The number of rotatable bonds is 6. The molecule has 0 heterocycles. The van der Waals surface area contributed by atoms with Gasteiger partial charge in [-0.15, -0.1) is 0 Å². The number of halogens is 2. The lowest BCUT2D eigenvalue weighted by atomic mass is 9.63. The smallest absolute Gasteiger partial charge is 0.343 e. The summed E-state index contributed by atoms with van der Waals surface area (Å²) >= 11 is 0. The van der Waals surface area contributed by atoms with E-state index in [9.17, 15) is 13.6 Å². The van der Waals surface area contributed by atoms with Crippen LogP contribution in [0.1, 0.15) is 85.7 Å². The Morgan fingerprint density at radius 1 is 1.06 bits per heavy atom. The molecule has 0 N–H and O–H groups in total. The Hall–Kier alpha value is -3.00. The molecule has 4 unspecified atom stereocenters. The van der Waals surface area contributed by atoms with Crippen LogP contribution >= 0.6 is 0 Å². The topological polar surface area (TPSA) is 50.1 Å². The van der Waals surface area contributed by atoms with E-state index < -0.39 is 23.2 Å². The Labute approximate surface area is 200 Å². The van der Waals surface area contributed by atoms with E-state index in [1.54, 1.807) is 12.1 Å². The highest BCUT2D eigenvalue weighted by Gasteiger charge is 2.35. The molecule has 2 aliphatic rings. The monoisotopic (exact) mass is 463 g/mol. The average molecular weight is 464 g/mol. The van der Waals surface area contributed by atoms with Gasteiger partial charge < -0.3 is 4.74 Å². The maximum atomic E-state index is 13.8. The van der Waals surface area contributed by atoms with Gasteiger partial charge in [0.15, 0.2) is 0 Å². The fourth-order valence-corrected chi connectivity index (χ4v) is 5.82. The number of hydrogen-bond donors (Lipinski definition) is 0.